The van der Waals surface area contributed by atoms with Gasteiger partial charge in [-0.15, -0.1) is 5.10 Å². The van der Waals surface area contributed by atoms with Gasteiger partial charge in [0.05, 0.1) is 23.4 Å². The summed E-state index contributed by atoms with van der Waals surface area (Å²) in [6, 6.07) is 15.3. The number of rotatable bonds is 8. The molecule has 0 aliphatic rings. The highest BCUT2D eigenvalue weighted by Gasteiger charge is 2.19. The molecule has 4 aromatic rings. The Morgan fingerprint density at radius 2 is 1.71 bits per heavy atom. The second-order valence-corrected chi connectivity index (χ2v) is 9.95. The van der Waals surface area contributed by atoms with Crippen molar-refractivity contribution in [3.05, 3.63) is 71.5 Å². The number of nitrogens with zero attached hydrogens (tertiary/aromatic N) is 5. The number of hydrogen-bond acceptors (Lipinski definition) is 8. The molecule has 0 saturated carbocycles. The SMILES string of the molecule is COc1ccc(-n2nnnc2SCC(=O)c2cc(C)n(-c3ccc(S(N)(=O)=O)cc3)c2C)cc1. The molecule has 0 amide bonds. The van der Waals surface area contributed by atoms with Crippen molar-refractivity contribution in [2.24, 2.45) is 5.14 Å². The zero-order valence-electron chi connectivity index (χ0n) is 18.7. The van der Waals surface area contributed by atoms with Crippen molar-refractivity contribution in [3.63, 3.8) is 0 Å². The monoisotopic (exact) mass is 498 g/mol. The Morgan fingerprint density at radius 1 is 1.06 bits per heavy atom. The first-order chi connectivity index (χ1) is 16.2. The van der Waals surface area contributed by atoms with Crippen molar-refractivity contribution in [3.8, 4) is 17.1 Å². The van der Waals surface area contributed by atoms with E-state index in [4.69, 9.17) is 9.88 Å². The number of methoxy groups -OCH3 is 1. The average molecular weight is 499 g/mol. The minimum Gasteiger partial charge on any atom is -0.497 e. The van der Waals surface area contributed by atoms with Gasteiger partial charge in [0, 0.05) is 22.6 Å². The van der Waals surface area contributed by atoms with Gasteiger partial charge in [0.15, 0.2) is 5.78 Å². The Hall–Kier alpha value is -3.48. The number of sulfonamides is 1. The first-order valence-corrected chi connectivity index (χ1v) is 12.6. The molecule has 2 aromatic carbocycles. The standard InChI is InChI=1S/C22H22N6O4S2/c1-14-12-20(15(2)27(14)16-6-10-19(11-7-16)34(23,30)31)21(29)13-33-22-24-25-26-28(22)17-4-8-18(32-3)9-5-17/h4-12H,13H2,1-3H3,(H2,23,30,31). The predicted octanol–water partition coefficient (Wildman–Crippen LogP) is 2.70. The molecule has 0 bridgehead atoms. The van der Waals surface area contributed by atoms with Crippen LogP contribution in [0.2, 0.25) is 0 Å². The number of nitrogens with two attached hydrogens (primary N) is 1. The smallest absolute Gasteiger partial charge is 0.238 e. The summed E-state index contributed by atoms with van der Waals surface area (Å²) < 4.78 is 31.7. The third kappa shape index (κ3) is 4.74. The summed E-state index contributed by atoms with van der Waals surface area (Å²) in [6.07, 6.45) is 0. The van der Waals surface area contributed by atoms with E-state index in [0.29, 0.717) is 10.7 Å². The maximum Gasteiger partial charge on any atom is 0.238 e. The fourth-order valence-electron chi connectivity index (χ4n) is 3.59. The van der Waals surface area contributed by atoms with Gasteiger partial charge in [0.1, 0.15) is 5.75 Å². The molecule has 0 unspecified atom stereocenters. The summed E-state index contributed by atoms with van der Waals surface area (Å²) >= 11 is 1.24. The van der Waals surface area contributed by atoms with Crippen LogP contribution >= 0.6 is 11.8 Å². The highest BCUT2D eigenvalue weighted by Crippen LogP contribution is 2.25. The topological polar surface area (TPSA) is 135 Å². The second kappa shape index (κ2) is 9.41. The van der Waals surface area contributed by atoms with E-state index < -0.39 is 10.0 Å². The summed E-state index contributed by atoms with van der Waals surface area (Å²) in [6.45, 7) is 3.73. The Morgan fingerprint density at radius 3 is 2.32 bits per heavy atom. The third-order valence-corrected chi connectivity index (χ3v) is 7.09. The van der Waals surface area contributed by atoms with Crippen LogP contribution < -0.4 is 9.88 Å². The van der Waals surface area contributed by atoms with Crippen molar-refractivity contribution in [1.82, 2.24) is 24.8 Å². The molecule has 0 spiro atoms. The molecule has 2 heterocycles. The number of ketones is 1. The van der Waals surface area contributed by atoms with Crippen LogP contribution in [-0.2, 0) is 10.0 Å². The van der Waals surface area contributed by atoms with Crippen LogP contribution in [0.15, 0.2) is 64.6 Å². The quantitative estimate of drug-likeness (QED) is 0.289. The highest BCUT2D eigenvalue weighted by atomic mass is 32.2. The summed E-state index contributed by atoms with van der Waals surface area (Å²) in [5.41, 5.74) is 3.65. The van der Waals surface area contributed by atoms with Gasteiger partial charge in [-0.25, -0.2) is 13.6 Å². The summed E-state index contributed by atoms with van der Waals surface area (Å²) in [5.74, 6) is 0.788. The van der Waals surface area contributed by atoms with E-state index in [2.05, 4.69) is 15.5 Å². The van der Waals surface area contributed by atoms with Gasteiger partial charge in [-0.3, -0.25) is 4.79 Å². The number of aromatic nitrogens is 5. The predicted molar refractivity (Wildman–Crippen MR) is 127 cm³/mol. The minimum atomic E-state index is -3.78. The molecular weight excluding hydrogens is 476 g/mol. The fourth-order valence-corrected chi connectivity index (χ4v) is 4.88. The van der Waals surface area contributed by atoms with Crippen molar-refractivity contribution in [1.29, 1.82) is 0 Å². The normalized spacial score (nSPS) is 11.5. The molecule has 0 saturated heterocycles. The number of thioether (sulfide) groups is 1. The Bertz CT molecular complexity index is 1440. The number of aryl methyl sites for hydroxylation is 1. The van der Waals surface area contributed by atoms with Crippen LogP contribution in [-0.4, -0.2) is 51.8 Å². The summed E-state index contributed by atoms with van der Waals surface area (Å²) in [4.78, 5) is 13.1. The fraction of sp³-hybridized carbons (Fsp3) is 0.182. The lowest BCUT2D eigenvalue weighted by molar-refractivity contribution is 0.102. The van der Waals surface area contributed by atoms with E-state index in [9.17, 15) is 13.2 Å². The van der Waals surface area contributed by atoms with Crippen LogP contribution in [0.4, 0.5) is 0 Å². The van der Waals surface area contributed by atoms with Crippen LogP contribution in [0, 0.1) is 13.8 Å². The Labute approximate surface area is 200 Å². The van der Waals surface area contributed by atoms with Crippen molar-refractivity contribution >= 4 is 27.6 Å². The molecule has 0 aliphatic heterocycles. The van der Waals surface area contributed by atoms with Crippen molar-refractivity contribution in [2.75, 3.05) is 12.9 Å². The van der Waals surface area contributed by atoms with E-state index in [1.165, 1.54) is 23.9 Å². The average Bonchev–Trinajstić information content (AvgIpc) is 3.41. The van der Waals surface area contributed by atoms with E-state index in [-0.39, 0.29) is 16.4 Å². The molecule has 10 nitrogen and oxygen atoms in total. The molecule has 0 atom stereocenters. The Kier molecular flexibility index (Phi) is 6.55. The molecule has 34 heavy (non-hydrogen) atoms. The van der Waals surface area contributed by atoms with Gasteiger partial charge < -0.3 is 9.30 Å². The lowest BCUT2D eigenvalue weighted by atomic mass is 10.2. The van der Waals surface area contributed by atoms with Crippen LogP contribution in [0.25, 0.3) is 11.4 Å². The number of primary sulfonamides is 1. The number of ether oxygens (including phenoxy) is 1. The van der Waals surface area contributed by atoms with E-state index in [1.807, 2.05) is 36.6 Å². The molecule has 0 radical (unpaired) electrons. The number of hydrogen-bond donors (Lipinski definition) is 1. The molecule has 2 aromatic heterocycles. The lowest BCUT2D eigenvalue weighted by Crippen LogP contribution is -2.12. The Balaban J connectivity index is 1.53. The van der Waals surface area contributed by atoms with Crippen LogP contribution in [0.5, 0.6) is 5.75 Å². The van der Waals surface area contributed by atoms with Crippen LogP contribution in [0.3, 0.4) is 0 Å². The van der Waals surface area contributed by atoms with Gasteiger partial charge in [0.2, 0.25) is 15.2 Å². The number of tetrazole rings is 1. The van der Waals surface area contributed by atoms with E-state index >= 15 is 0 Å². The first kappa shape index (κ1) is 23.7. The van der Waals surface area contributed by atoms with Gasteiger partial charge in [-0.1, -0.05) is 11.8 Å². The highest BCUT2D eigenvalue weighted by molar-refractivity contribution is 7.99. The lowest BCUT2D eigenvalue weighted by Gasteiger charge is -2.10. The van der Waals surface area contributed by atoms with Gasteiger partial charge in [-0.2, -0.15) is 4.68 Å². The number of carbonyl (C=O) groups is 1. The molecule has 0 fully saturated rings. The minimum absolute atomic E-state index is 0.0287. The zero-order chi connectivity index (χ0) is 24.5. The third-order valence-electron chi connectivity index (χ3n) is 5.25. The van der Waals surface area contributed by atoms with Crippen LogP contribution in [0.1, 0.15) is 21.7 Å². The number of Topliss-reactive ketones (excluding diaryl/α,β-unsaturated/α-hetero) is 1. The zero-order valence-corrected chi connectivity index (χ0v) is 20.3. The van der Waals surface area contributed by atoms with Crippen molar-refractivity contribution < 1.29 is 17.9 Å². The second-order valence-electron chi connectivity index (χ2n) is 7.44. The maximum atomic E-state index is 13.1. The van der Waals surface area contributed by atoms with E-state index in [0.717, 1.165) is 28.5 Å². The first-order valence-electron chi connectivity index (χ1n) is 10.1. The molecule has 0 aliphatic carbocycles. The molecule has 176 valence electrons. The maximum absolute atomic E-state index is 13.1. The van der Waals surface area contributed by atoms with Crippen molar-refractivity contribution in [2.45, 2.75) is 23.9 Å². The van der Waals surface area contributed by atoms with Gasteiger partial charge >= 0.3 is 0 Å². The largest absolute Gasteiger partial charge is 0.497 e. The molecule has 2 N–H and O–H groups in total. The number of carbonyl (C=O) groups excluding carboxylic acids is 1. The molecule has 4 rings (SSSR count). The van der Waals surface area contributed by atoms with E-state index in [1.54, 1.807) is 36.1 Å². The molecule has 12 heteroatoms. The summed E-state index contributed by atoms with van der Waals surface area (Å²) in [7, 11) is -2.18. The van der Waals surface area contributed by atoms with Gasteiger partial charge in [-0.05, 0) is 78.9 Å². The summed E-state index contributed by atoms with van der Waals surface area (Å²) in [5, 5.41) is 17.5. The molecular formula is C22H22N6O4S2. The van der Waals surface area contributed by atoms with Gasteiger partial charge in [0.25, 0.3) is 0 Å². The number of benzene rings is 2.